The second-order valence-corrected chi connectivity index (χ2v) is 8.30. The summed E-state index contributed by atoms with van der Waals surface area (Å²) in [6.07, 6.45) is 0. The highest BCUT2D eigenvalue weighted by Crippen LogP contribution is 2.21. The van der Waals surface area contributed by atoms with Crippen LogP contribution in [0.15, 0.2) is 78.9 Å². The van der Waals surface area contributed by atoms with E-state index in [2.05, 4.69) is 10.0 Å². The molecule has 144 valence electrons. The van der Waals surface area contributed by atoms with Crippen LogP contribution in [0.4, 0.5) is 5.69 Å². The van der Waals surface area contributed by atoms with Gasteiger partial charge in [-0.3, -0.25) is 9.52 Å². The number of rotatable bonds is 7. The molecule has 0 bridgehead atoms. The summed E-state index contributed by atoms with van der Waals surface area (Å²) in [4.78, 5) is 12.6. The van der Waals surface area contributed by atoms with Gasteiger partial charge in [-0.2, -0.15) is 0 Å². The molecule has 0 atom stereocenters. The quantitative estimate of drug-likeness (QED) is 0.608. The Morgan fingerprint density at radius 3 is 2.25 bits per heavy atom. The highest BCUT2D eigenvalue weighted by Gasteiger charge is 2.18. The molecule has 28 heavy (non-hydrogen) atoms. The first-order chi connectivity index (χ1) is 13.4. The molecule has 3 aromatic carbocycles. The molecule has 1 amide bonds. The van der Waals surface area contributed by atoms with Gasteiger partial charge in [0.2, 0.25) is 10.0 Å². The van der Waals surface area contributed by atoms with Gasteiger partial charge in [0.05, 0.1) is 17.0 Å². The molecular weight excluding hydrogens is 396 g/mol. The number of carbonyl (C=O) groups is 1. The fraction of sp³-hybridized carbons (Fsp3) is 0.0952. The smallest absolute Gasteiger partial charge is 0.253 e. The van der Waals surface area contributed by atoms with Gasteiger partial charge < -0.3 is 5.32 Å². The Labute approximate surface area is 169 Å². The van der Waals surface area contributed by atoms with Crippen molar-refractivity contribution in [2.45, 2.75) is 12.3 Å². The lowest BCUT2D eigenvalue weighted by Gasteiger charge is -2.13. The number of para-hydroxylation sites is 1. The second-order valence-electron chi connectivity index (χ2n) is 6.17. The third-order valence-electron chi connectivity index (χ3n) is 4.04. The number of hydrogen-bond donors (Lipinski definition) is 2. The van der Waals surface area contributed by atoms with Crippen LogP contribution in [-0.4, -0.2) is 14.3 Å². The summed E-state index contributed by atoms with van der Waals surface area (Å²) in [5, 5.41) is 3.18. The first-order valence-corrected chi connectivity index (χ1v) is 10.6. The maximum absolute atomic E-state index is 12.6. The van der Waals surface area contributed by atoms with E-state index in [1.54, 1.807) is 48.5 Å². The highest BCUT2D eigenvalue weighted by molar-refractivity contribution is 7.91. The van der Waals surface area contributed by atoms with E-state index in [0.29, 0.717) is 17.1 Å². The van der Waals surface area contributed by atoms with Crippen molar-refractivity contribution in [1.29, 1.82) is 0 Å². The minimum absolute atomic E-state index is 0.222. The van der Waals surface area contributed by atoms with E-state index >= 15 is 0 Å². The summed E-state index contributed by atoms with van der Waals surface area (Å²) >= 11 is 6.06. The van der Waals surface area contributed by atoms with Crippen molar-refractivity contribution in [3.8, 4) is 0 Å². The Hall–Kier alpha value is -2.83. The van der Waals surface area contributed by atoms with Gasteiger partial charge in [-0.25, -0.2) is 8.42 Å². The van der Waals surface area contributed by atoms with Crippen molar-refractivity contribution in [3.05, 3.63) is 101 Å². The van der Waals surface area contributed by atoms with Crippen LogP contribution in [0.3, 0.4) is 0 Å². The first kappa shape index (κ1) is 19.9. The van der Waals surface area contributed by atoms with E-state index in [1.807, 2.05) is 30.3 Å². The molecule has 3 aromatic rings. The van der Waals surface area contributed by atoms with Crippen LogP contribution in [0.25, 0.3) is 0 Å². The summed E-state index contributed by atoms with van der Waals surface area (Å²) in [5.74, 6) is -0.646. The van der Waals surface area contributed by atoms with E-state index in [-0.39, 0.29) is 22.9 Å². The van der Waals surface area contributed by atoms with Crippen LogP contribution in [0.1, 0.15) is 21.5 Å². The number of anilines is 1. The van der Waals surface area contributed by atoms with Gasteiger partial charge in [0, 0.05) is 11.6 Å². The zero-order valence-electron chi connectivity index (χ0n) is 14.9. The summed E-state index contributed by atoms with van der Waals surface area (Å²) in [7, 11) is -3.75. The first-order valence-electron chi connectivity index (χ1n) is 8.60. The molecule has 0 radical (unpaired) electrons. The standard InChI is InChI=1S/C21H19ClN2O3S/c22-19-12-6-4-10-17(19)15-28(26,27)24-20-13-7-5-11-18(20)21(25)23-14-16-8-2-1-3-9-16/h1-13,24H,14-15H2,(H,23,25). The van der Waals surface area contributed by atoms with E-state index in [9.17, 15) is 13.2 Å². The van der Waals surface area contributed by atoms with Gasteiger partial charge in [0.25, 0.3) is 5.91 Å². The van der Waals surface area contributed by atoms with Crippen molar-refractivity contribution in [3.63, 3.8) is 0 Å². The summed E-state index contributed by atoms with van der Waals surface area (Å²) in [5.41, 5.74) is 1.91. The molecule has 0 aliphatic heterocycles. The Kier molecular flexibility index (Phi) is 6.34. The van der Waals surface area contributed by atoms with Gasteiger partial charge in [-0.05, 0) is 29.3 Å². The number of nitrogens with one attached hydrogen (secondary N) is 2. The van der Waals surface area contributed by atoms with Crippen molar-refractivity contribution < 1.29 is 13.2 Å². The number of carbonyl (C=O) groups excluding carboxylic acids is 1. The average molecular weight is 415 g/mol. The molecule has 0 spiro atoms. The van der Waals surface area contributed by atoms with Crippen LogP contribution in [-0.2, 0) is 22.3 Å². The van der Waals surface area contributed by atoms with Crippen molar-refractivity contribution in [1.82, 2.24) is 5.32 Å². The molecule has 3 rings (SSSR count). The van der Waals surface area contributed by atoms with E-state index < -0.39 is 10.0 Å². The average Bonchev–Trinajstić information content (AvgIpc) is 2.69. The number of hydrogen-bond acceptors (Lipinski definition) is 3. The Balaban J connectivity index is 1.74. The molecule has 0 saturated heterocycles. The topological polar surface area (TPSA) is 75.3 Å². The number of amides is 1. The van der Waals surface area contributed by atoms with E-state index in [1.165, 1.54) is 0 Å². The maximum atomic E-state index is 12.6. The van der Waals surface area contributed by atoms with Gasteiger partial charge in [-0.1, -0.05) is 72.3 Å². The molecule has 0 unspecified atom stereocenters. The molecule has 5 nitrogen and oxygen atoms in total. The van der Waals surface area contributed by atoms with Crippen molar-refractivity contribution >= 4 is 33.2 Å². The second kappa shape index (κ2) is 8.91. The van der Waals surface area contributed by atoms with Crippen molar-refractivity contribution in [2.75, 3.05) is 4.72 Å². The SMILES string of the molecule is O=C(NCc1ccccc1)c1ccccc1NS(=O)(=O)Cc1ccccc1Cl. The molecular formula is C21H19ClN2O3S. The Morgan fingerprint density at radius 2 is 1.50 bits per heavy atom. The lowest BCUT2D eigenvalue weighted by molar-refractivity contribution is 0.0952. The number of halogens is 1. The summed E-state index contributed by atoms with van der Waals surface area (Å²) < 4.78 is 27.6. The van der Waals surface area contributed by atoms with E-state index in [0.717, 1.165) is 5.56 Å². The maximum Gasteiger partial charge on any atom is 0.253 e. The molecule has 2 N–H and O–H groups in total. The lowest BCUT2D eigenvalue weighted by atomic mass is 10.1. The van der Waals surface area contributed by atoms with Crippen molar-refractivity contribution in [2.24, 2.45) is 0 Å². The minimum Gasteiger partial charge on any atom is -0.348 e. The molecule has 7 heteroatoms. The highest BCUT2D eigenvalue weighted by atomic mass is 35.5. The molecule has 0 aliphatic carbocycles. The van der Waals surface area contributed by atoms with Gasteiger partial charge in [0.1, 0.15) is 0 Å². The number of benzene rings is 3. The normalized spacial score (nSPS) is 11.0. The third kappa shape index (κ3) is 5.34. The summed E-state index contributed by atoms with van der Waals surface area (Å²) in [6.45, 7) is 0.348. The number of sulfonamides is 1. The molecule has 0 heterocycles. The molecule has 0 fully saturated rings. The fourth-order valence-corrected chi connectivity index (χ4v) is 4.20. The van der Waals surface area contributed by atoms with Gasteiger partial charge in [-0.15, -0.1) is 0 Å². The molecule has 0 saturated carbocycles. The lowest BCUT2D eigenvalue weighted by Crippen LogP contribution is -2.25. The third-order valence-corrected chi connectivity index (χ3v) is 5.63. The zero-order chi connectivity index (χ0) is 20.0. The predicted octanol–water partition coefficient (Wildman–Crippen LogP) is 4.21. The predicted molar refractivity (Wildman–Crippen MR) is 112 cm³/mol. The zero-order valence-corrected chi connectivity index (χ0v) is 16.5. The van der Waals surface area contributed by atoms with Gasteiger partial charge >= 0.3 is 0 Å². The molecule has 0 aliphatic rings. The van der Waals surface area contributed by atoms with Gasteiger partial charge in [0.15, 0.2) is 0 Å². The van der Waals surface area contributed by atoms with Crippen LogP contribution < -0.4 is 10.0 Å². The monoisotopic (exact) mass is 414 g/mol. The van der Waals surface area contributed by atoms with Crippen LogP contribution in [0.2, 0.25) is 5.02 Å². The summed E-state index contributed by atoms with van der Waals surface area (Å²) in [6, 6.07) is 22.7. The largest absolute Gasteiger partial charge is 0.348 e. The fourth-order valence-electron chi connectivity index (χ4n) is 2.67. The Bertz CT molecular complexity index is 1070. The minimum atomic E-state index is -3.75. The Morgan fingerprint density at radius 1 is 0.857 bits per heavy atom. The van der Waals surface area contributed by atoms with Crippen LogP contribution in [0.5, 0.6) is 0 Å². The van der Waals surface area contributed by atoms with Crippen LogP contribution in [0, 0.1) is 0 Å². The molecule has 0 aromatic heterocycles. The van der Waals surface area contributed by atoms with E-state index in [4.69, 9.17) is 11.6 Å². The van der Waals surface area contributed by atoms with Crippen LogP contribution >= 0.6 is 11.6 Å².